The lowest BCUT2D eigenvalue weighted by atomic mass is 9.90. The molecule has 1 aromatic rings. The Morgan fingerprint density at radius 2 is 2.28 bits per heavy atom. The fourth-order valence-electron chi connectivity index (χ4n) is 2.05. The largest absolute Gasteiger partial charge is 0.485 e. The highest BCUT2D eigenvalue weighted by atomic mass is 16.5. The first kappa shape index (κ1) is 13.1. The first-order valence-corrected chi connectivity index (χ1v) is 6.18. The minimum atomic E-state index is -0.513. The van der Waals surface area contributed by atoms with E-state index in [9.17, 15) is 5.11 Å². The number of aliphatic hydroxyl groups excluding tert-OH is 1. The van der Waals surface area contributed by atoms with Crippen molar-refractivity contribution in [1.29, 1.82) is 0 Å². The van der Waals surface area contributed by atoms with E-state index in [-0.39, 0.29) is 0 Å². The molecule has 0 bridgehead atoms. The van der Waals surface area contributed by atoms with Crippen LogP contribution in [-0.2, 0) is 11.2 Å². The predicted molar refractivity (Wildman–Crippen MR) is 71.8 cm³/mol. The molecule has 1 N–H and O–H groups in total. The zero-order valence-corrected chi connectivity index (χ0v) is 11.1. The second kappa shape index (κ2) is 5.12. The van der Waals surface area contributed by atoms with Gasteiger partial charge in [-0.1, -0.05) is 18.2 Å². The molecule has 0 radical (unpaired) electrons. The smallest absolute Gasteiger partial charge is 0.129 e. The first-order chi connectivity index (χ1) is 8.53. The van der Waals surface area contributed by atoms with Gasteiger partial charge in [-0.2, -0.15) is 0 Å². The van der Waals surface area contributed by atoms with Crippen molar-refractivity contribution in [2.24, 2.45) is 0 Å². The molecule has 3 nitrogen and oxygen atoms in total. The minimum Gasteiger partial charge on any atom is -0.485 e. The maximum atomic E-state index is 10.0. The van der Waals surface area contributed by atoms with Crippen LogP contribution in [0.3, 0.4) is 0 Å². The molecule has 98 valence electrons. The number of hydrogen-bond acceptors (Lipinski definition) is 3. The van der Waals surface area contributed by atoms with Gasteiger partial charge in [0.15, 0.2) is 0 Å². The number of fused-ring (bicyclic) bond motifs is 1. The van der Waals surface area contributed by atoms with E-state index < -0.39 is 11.7 Å². The summed E-state index contributed by atoms with van der Waals surface area (Å²) in [4.78, 5) is 0. The number of aliphatic hydroxyl groups is 1. The van der Waals surface area contributed by atoms with Gasteiger partial charge in [-0.05, 0) is 37.1 Å². The fraction of sp³-hybridized carbons (Fsp3) is 0.467. The predicted octanol–water partition coefficient (Wildman–Crippen LogP) is 2.42. The highest BCUT2D eigenvalue weighted by Gasteiger charge is 2.35. The number of methoxy groups -OCH3 is 1. The molecule has 1 aromatic carbocycles. The molecule has 3 heteroatoms. The minimum absolute atomic E-state index is 0.469. The SMILES string of the molecule is COC/C=C/c1ccc2c(c1)C[C@H](O)C(C)(C)O2. The number of hydrogen-bond donors (Lipinski definition) is 1. The summed E-state index contributed by atoms with van der Waals surface area (Å²) in [6, 6.07) is 6.04. The van der Waals surface area contributed by atoms with E-state index >= 15 is 0 Å². The van der Waals surface area contributed by atoms with Crippen molar-refractivity contribution in [2.75, 3.05) is 13.7 Å². The molecule has 1 heterocycles. The molecule has 0 spiro atoms. The summed E-state index contributed by atoms with van der Waals surface area (Å²) in [7, 11) is 1.67. The third-order valence-corrected chi connectivity index (χ3v) is 3.25. The van der Waals surface area contributed by atoms with E-state index in [1.807, 2.05) is 38.1 Å². The molecule has 1 aliphatic rings. The number of rotatable bonds is 3. The van der Waals surface area contributed by atoms with E-state index in [2.05, 4.69) is 6.07 Å². The fourth-order valence-corrected chi connectivity index (χ4v) is 2.05. The summed E-state index contributed by atoms with van der Waals surface area (Å²) < 4.78 is 10.8. The summed E-state index contributed by atoms with van der Waals surface area (Å²) in [6.07, 6.45) is 4.14. The van der Waals surface area contributed by atoms with Gasteiger partial charge in [0.1, 0.15) is 11.4 Å². The number of ether oxygens (including phenoxy) is 2. The van der Waals surface area contributed by atoms with Gasteiger partial charge in [0, 0.05) is 13.5 Å². The monoisotopic (exact) mass is 248 g/mol. The normalized spacial score (nSPS) is 21.7. The van der Waals surface area contributed by atoms with Crippen LogP contribution in [0.25, 0.3) is 6.08 Å². The van der Waals surface area contributed by atoms with Crippen LogP contribution in [0.4, 0.5) is 0 Å². The molecule has 2 rings (SSSR count). The Morgan fingerprint density at radius 1 is 1.50 bits per heavy atom. The quantitative estimate of drug-likeness (QED) is 0.892. The Morgan fingerprint density at radius 3 is 3.00 bits per heavy atom. The summed E-state index contributed by atoms with van der Waals surface area (Å²) in [5, 5.41) is 10.0. The van der Waals surface area contributed by atoms with Crippen LogP contribution >= 0.6 is 0 Å². The zero-order valence-electron chi connectivity index (χ0n) is 11.1. The molecular formula is C15H20O3. The van der Waals surface area contributed by atoms with Gasteiger partial charge in [-0.25, -0.2) is 0 Å². The third kappa shape index (κ3) is 2.74. The van der Waals surface area contributed by atoms with Crippen LogP contribution in [0.5, 0.6) is 5.75 Å². The van der Waals surface area contributed by atoms with Crippen LogP contribution in [0.2, 0.25) is 0 Å². The van der Waals surface area contributed by atoms with E-state index in [0.29, 0.717) is 13.0 Å². The Balaban J connectivity index is 2.21. The maximum Gasteiger partial charge on any atom is 0.129 e. The highest BCUT2D eigenvalue weighted by molar-refractivity contribution is 5.54. The Bertz CT molecular complexity index is 449. The van der Waals surface area contributed by atoms with Gasteiger partial charge >= 0.3 is 0 Å². The lowest BCUT2D eigenvalue weighted by molar-refractivity contribution is -0.0411. The van der Waals surface area contributed by atoms with Crippen molar-refractivity contribution in [3.05, 3.63) is 35.4 Å². The zero-order chi connectivity index (χ0) is 13.2. The molecule has 0 saturated carbocycles. The van der Waals surface area contributed by atoms with Crippen molar-refractivity contribution in [1.82, 2.24) is 0 Å². The Kier molecular flexibility index (Phi) is 3.73. The summed E-state index contributed by atoms with van der Waals surface area (Å²) >= 11 is 0. The van der Waals surface area contributed by atoms with E-state index in [4.69, 9.17) is 9.47 Å². The lowest BCUT2D eigenvalue weighted by Gasteiger charge is -2.37. The molecule has 1 atom stereocenters. The molecule has 1 aliphatic heterocycles. The Labute approximate surface area is 108 Å². The molecule has 0 aliphatic carbocycles. The van der Waals surface area contributed by atoms with E-state index in [0.717, 1.165) is 16.9 Å². The highest BCUT2D eigenvalue weighted by Crippen LogP contribution is 2.33. The van der Waals surface area contributed by atoms with Crippen molar-refractivity contribution in [3.8, 4) is 5.75 Å². The topological polar surface area (TPSA) is 38.7 Å². The lowest BCUT2D eigenvalue weighted by Crippen LogP contribution is -2.46. The van der Waals surface area contributed by atoms with Crippen LogP contribution in [0.15, 0.2) is 24.3 Å². The standard InChI is InChI=1S/C15H20O3/c1-15(2)14(16)10-12-9-11(5-4-8-17-3)6-7-13(12)18-15/h4-7,9,14,16H,8,10H2,1-3H3/b5-4+/t14-/m0/s1. The molecular weight excluding hydrogens is 228 g/mol. The maximum absolute atomic E-state index is 10.0. The van der Waals surface area contributed by atoms with Gasteiger partial charge < -0.3 is 14.6 Å². The van der Waals surface area contributed by atoms with E-state index in [1.54, 1.807) is 7.11 Å². The molecule has 0 unspecified atom stereocenters. The second-order valence-electron chi connectivity index (χ2n) is 5.15. The molecule has 0 saturated heterocycles. The third-order valence-electron chi connectivity index (χ3n) is 3.25. The van der Waals surface area contributed by atoms with Crippen molar-refractivity contribution in [3.63, 3.8) is 0 Å². The first-order valence-electron chi connectivity index (χ1n) is 6.18. The van der Waals surface area contributed by atoms with Crippen molar-refractivity contribution in [2.45, 2.75) is 32.0 Å². The van der Waals surface area contributed by atoms with Gasteiger partial charge in [0.25, 0.3) is 0 Å². The van der Waals surface area contributed by atoms with Crippen molar-refractivity contribution < 1.29 is 14.6 Å². The van der Waals surface area contributed by atoms with Crippen LogP contribution in [-0.4, -0.2) is 30.5 Å². The van der Waals surface area contributed by atoms with Crippen molar-refractivity contribution >= 4 is 6.08 Å². The molecule has 0 fully saturated rings. The van der Waals surface area contributed by atoms with Gasteiger partial charge in [0.05, 0.1) is 12.7 Å². The van der Waals surface area contributed by atoms with Crippen LogP contribution in [0.1, 0.15) is 25.0 Å². The van der Waals surface area contributed by atoms with Crippen LogP contribution < -0.4 is 4.74 Å². The summed E-state index contributed by atoms with van der Waals surface area (Å²) in [6.45, 7) is 4.42. The van der Waals surface area contributed by atoms with E-state index in [1.165, 1.54) is 0 Å². The molecule has 0 aromatic heterocycles. The summed E-state index contributed by atoms with van der Waals surface area (Å²) in [5.74, 6) is 0.870. The van der Waals surface area contributed by atoms with Gasteiger partial charge in [-0.3, -0.25) is 0 Å². The number of benzene rings is 1. The van der Waals surface area contributed by atoms with Gasteiger partial charge in [0.2, 0.25) is 0 Å². The average Bonchev–Trinajstić information content (AvgIpc) is 2.31. The summed E-state index contributed by atoms with van der Waals surface area (Å²) in [5.41, 5.74) is 1.64. The molecule has 18 heavy (non-hydrogen) atoms. The molecule has 0 amide bonds. The van der Waals surface area contributed by atoms with Gasteiger partial charge in [-0.15, -0.1) is 0 Å². The second-order valence-corrected chi connectivity index (χ2v) is 5.15. The van der Waals surface area contributed by atoms with Crippen LogP contribution in [0, 0.1) is 0 Å². The average molecular weight is 248 g/mol. The Hall–Kier alpha value is -1.32.